The minimum atomic E-state index is -0.491. The van der Waals surface area contributed by atoms with Gasteiger partial charge in [0.05, 0.1) is 19.2 Å². The second-order valence-corrected chi connectivity index (χ2v) is 4.35. The Labute approximate surface area is 116 Å². The van der Waals surface area contributed by atoms with E-state index in [1.54, 1.807) is 17.0 Å². The topological polar surface area (TPSA) is 93.9 Å². The maximum atomic E-state index is 11.9. The first-order chi connectivity index (χ1) is 9.60. The molecule has 1 saturated heterocycles. The number of urea groups is 1. The molecule has 1 aliphatic rings. The summed E-state index contributed by atoms with van der Waals surface area (Å²) in [5.41, 5.74) is 6.42. The fraction of sp³-hybridized carbons (Fsp3) is 0.385. The number of ether oxygens (including phenoxy) is 2. The summed E-state index contributed by atoms with van der Waals surface area (Å²) in [6.45, 7) is 1.77. The second kappa shape index (κ2) is 6.14. The van der Waals surface area contributed by atoms with Gasteiger partial charge in [0.2, 0.25) is 0 Å². The number of nitrogens with one attached hydrogen (secondary N) is 1. The number of nitrogen functional groups attached to an aromatic ring is 1. The van der Waals surface area contributed by atoms with Crippen LogP contribution in [0.4, 0.5) is 10.5 Å². The van der Waals surface area contributed by atoms with Crippen LogP contribution in [0.15, 0.2) is 18.2 Å². The number of carbonyl (C=O) groups excluding carboxylic acids is 2. The van der Waals surface area contributed by atoms with Crippen LogP contribution in [-0.4, -0.2) is 50.3 Å². The van der Waals surface area contributed by atoms with Gasteiger partial charge in [0.15, 0.2) is 0 Å². The van der Waals surface area contributed by atoms with E-state index in [2.05, 4.69) is 5.32 Å². The molecule has 1 aromatic rings. The lowest BCUT2D eigenvalue weighted by atomic mass is 10.2. The summed E-state index contributed by atoms with van der Waals surface area (Å²) >= 11 is 0. The van der Waals surface area contributed by atoms with Gasteiger partial charge in [0.25, 0.3) is 0 Å². The average Bonchev–Trinajstić information content (AvgIpc) is 2.83. The molecule has 2 rings (SSSR count). The number of carbonyl (C=O) groups is 2. The summed E-state index contributed by atoms with van der Waals surface area (Å²) in [7, 11) is 1.50. The van der Waals surface area contributed by atoms with Crippen LogP contribution in [0.2, 0.25) is 0 Å². The molecule has 7 nitrogen and oxygen atoms in total. The molecular weight excluding hydrogens is 262 g/mol. The van der Waals surface area contributed by atoms with Gasteiger partial charge in [-0.2, -0.15) is 0 Å². The molecule has 108 valence electrons. The van der Waals surface area contributed by atoms with Crippen molar-refractivity contribution in [3.63, 3.8) is 0 Å². The predicted molar refractivity (Wildman–Crippen MR) is 72.7 cm³/mol. The van der Waals surface area contributed by atoms with Crippen molar-refractivity contribution in [2.75, 3.05) is 39.1 Å². The van der Waals surface area contributed by atoms with Gasteiger partial charge in [0.1, 0.15) is 12.4 Å². The minimum absolute atomic E-state index is 0.133. The fourth-order valence-corrected chi connectivity index (χ4v) is 1.91. The van der Waals surface area contributed by atoms with Crippen LogP contribution >= 0.6 is 0 Å². The van der Waals surface area contributed by atoms with Gasteiger partial charge in [-0.3, -0.25) is 0 Å². The molecular formula is C13H17N3O4. The van der Waals surface area contributed by atoms with Crippen LogP contribution in [0.25, 0.3) is 0 Å². The molecule has 0 bridgehead atoms. The molecule has 0 aromatic heterocycles. The number of esters is 1. The largest absolute Gasteiger partial charge is 0.497 e. The van der Waals surface area contributed by atoms with Crippen LogP contribution < -0.4 is 15.8 Å². The highest BCUT2D eigenvalue weighted by Crippen LogP contribution is 2.19. The summed E-state index contributed by atoms with van der Waals surface area (Å²) in [4.78, 5) is 24.7. The number of rotatable bonds is 5. The van der Waals surface area contributed by atoms with Gasteiger partial charge in [0, 0.05) is 24.8 Å². The van der Waals surface area contributed by atoms with Gasteiger partial charge in [-0.05, 0) is 12.1 Å². The monoisotopic (exact) mass is 279 g/mol. The standard InChI is InChI=1S/C13H17N3O4/c1-19-11-7-9(6-10(14)8-11)12(17)20-5-4-16-3-2-15-13(16)18/h6-8H,2-5,14H2,1H3,(H,15,18). The van der Waals surface area contributed by atoms with E-state index in [0.29, 0.717) is 36.6 Å². The van der Waals surface area contributed by atoms with E-state index in [1.807, 2.05) is 0 Å². The van der Waals surface area contributed by atoms with Crippen molar-refractivity contribution in [3.8, 4) is 5.75 Å². The zero-order chi connectivity index (χ0) is 14.5. The smallest absolute Gasteiger partial charge is 0.338 e. The minimum Gasteiger partial charge on any atom is -0.497 e. The van der Waals surface area contributed by atoms with Crippen molar-refractivity contribution in [1.29, 1.82) is 0 Å². The van der Waals surface area contributed by atoms with Crippen molar-refractivity contribution in [1.82, 2.24) is 10.2 Å². The zero-order valence-corrected chi connectivity index (χ0v) is 11.2. The molecule has 0 aliphatic carbocycles. The summed E-state index contributed by atoms with van der Waals surface area (Å²) < 4.78 is 10.2. The number of hydrogen-bond acceptors (Lipinski definition) is 5. The lowest BCUT2D eigenvalue weighted by molar-refractivity contribution is 0.0481. The molecule has 1 aromatic carbocycles. The quantitative estimate of drug-likeness (QED) is 0.603. The van der Waals surface area contributed by atoms with E-state index in [0.717, 1.165) is 0 Å². The number of nitrogens with zero attached hydrogens (tertiary/aromatic N) is 1. The zero-order valence-electron chi connectivity index (χ0n) is 11.2. The lowest BCUT2D eigenvalue weighted by Crippen LogP contribution is -2.31. The number of nitrogens with two attached hydrogens (primary N) is 1. The van der Waals surface area contributed by atoms with Gasteiger partial charge >= 0.3 is 12.0 Å². The molecule has 0 spiro atoms. The van der Waals surface area contributed by atoms with Crippen molar-refractivity contribution in [3.05, 3.63) is 23.8 Å². The molecule has 7 heteroatoms. The molecule has 3 N–H and O–H groups in total. The third-order valence-electron chi connectivity index (χ3n) is 2.94. The molecule has 0 unspecified atom stereocenters. The van der Waals surface area contributed by atoms with E-state index >= 15 is 0 Å². The Morgan fingerprint density at radius 2 is 2.25 bits per heavy atom. The fourth-order valence-electron chi connectivity index (χ4n) is 1.91. The molecule has 0 atom stereocenters. The molecule has 0 saturated carbocycles. The van der Waals surface area contributed by atoms with E-state index in [-0.39, 0.29) is 12.6 Å². The van der Waals surface area contributed by atoms with Crippen molar-refractivity contribution in [2.45, 2.75) is 0 Å². The van der Waals surface area contributed by atoms with Gasteiger partial charge < -0.3 is 25.4 Å². The molecule has 0 radical (unpaired) electrons. The van der Waals surface area contributed by atoms with Crippen molar-refractivity contribution in [2.24, 2.45) is 0 Å². The summed E-state index contributed by atoms with van der Waals surface area (Å²) in [5.74, 6) is 0.00563. The van der Waals surface area contributed by atoms with E-state index in [4.69, 9.17) is 15.2 Å². The Morgan fingerprint density at radius 3 is 2.90 bits per heavy atom. The van der Waals surface area contributed by atoms with E-state index < -0.39 is 5.97 Å². The molecule has 2 amide bonds. The Bertz CT molecular complexity index is 518. The Hall–Kier alpha value is -2.44. The van der Waals surface area contributed by atoms with Crippen molar-refractivity contribution >= 4 is 17.7 Å². The van der Waals surface area contributed by atoms with E-state index in [1.165, 1.54) is 13.2 Å². The highest BCUT2D eigenvalue weighted by molar-refractivity contribution is 5.91. The number of anilines is 1. The second-order valence-electron chi connectivity index (χ2n) is 4.35. The van der Waals surface area contributed by atoms with Crippen LogP contribution in [0.3, 0.4) is 0 Å². The number of hydrogen-bond donors (Lipinski definition) is 2. The highest BCUT2D eigenvalue weighted by Gasteiger charge is 2.19. The normalized spacial score (nSPS) is 14.1. The van der Waals surface area contributed by atoms with Crippen LogP contribution in [0.1, 0.15) is 10.4 Å². The first-order valence-electron chi connectivity index (χ1n) is 6.24. The van der Waals surface area contributed by atoms with Crippen LogP contribution in [0, 0.1) is 0 Å². The summed E-state index contributed by atoms with van der Waals surface area (Å²) in [6, 6.07) is 4.56. The number of benzene rings is 1. The molecule has 1 aliphatic heterocycles. The molecule has 1 heterocycles. The van der Waals surface area contributed by atoms with Crippen LogP contribution in [0.5, 0.6) is 5.75 Å². The summed E-state index contributed by atoms with van der Waals surface area (Å²) in [5, 5.41) is 2.68. The average molecular weight is 279 g/mol. The van der Waals surface area contributed by atoms with Gasteiger partial charge in [-0.15, -0.1) is 0 Å². The van der Waals surface area contributed by atoms with Crippen LogP contribution in [-0.2, 0) is 4.74 Å². The predicted octanol–water partition coefficient (Wildman–Crippen LogP) is 0.459. The third kappa shape index (κ3) is 3.31. The molecule has 20 heavy (non-hydrogen) atoms. The maximum Gasteiger partial charge on any atom is 0.338 e. The number of methoxy groups -OCH3 is 1. The number of amides is 2. The van der Waals surface area contributed by atoms with E-state index in [9.17, 15) is 9.59 Å². The first-order valence-corrected chi connectivity index (χ1v) is 6.24. The first kappa shape index (κ1) is 14.0. The SMILES string of the molecule is COc1cc(N)cc(C(=O)OCCN2CCNC2=O)c1. The highest BCUT2D eigenvalue weighted by atomic mass is 16.5. The maximum absolute atomic E-state index is 11.9. The van der Waals surface area contributed by atoms with Gasteiger partial charge in [-0.25, -0.2) is 9.59 Å². The summed E-state index contributed by atoms with van der Waals surface area (Å²) in [6.07, 6.45) is 0. The van der Waals surface area contributed by atoms with Crippen molar-refractivity contribution < 1.29 is 19.1 Å². The Balaban J connectivity index is 1.88. The third-order valence-corrected chi connectivity index (χ3v) is 2.94. The lowest BCUT2D eigenvalue weighted by Gasteiger charge is -2.14. The van der Waals surface area contributed by atoms with Gasteiger partial charge in [-0.1, -0.05) is 0 Å². The Kier molecular flexibility index (Phi) is 4.29. The Morgan fingerprint density at radius 1 is 1.45 bits per heavy atom. The molecule has 1 fully saturated rings.